The molecule has 0 radical (unpaired) electrons. The fraction of sp³-hybridized carbons (Fsp3) is 0.867. The third-order valence-electron chi connectivity index (χ3n) is 4.87. The first kappa shape index (κ1) is 13.1. The van der Waals surface area contributed by atoms with E-state index in [4.69, 9.17) is 0 Å². The van der Waals surface area contributed by atoms with Crippen LogP contribution in [0.15, 0.2) is 11.6 Å². The Morgan fingerprint density at radius 2 is 2.06 bits per heavy atom. The van der Waals surface area contributed by atoms with E-state index in [0.717, 1.165) is 12.8 Å². The van der Waals surface area contributed by atoms with E-state index in [2.05, 4.69) is 26.8 Å². The molecule has 0 spiro atoms. The van der Waals surface area contributed by atoms with Crippen LogP contribution in [0, 0.1) is 23.7 Å². The van der Waals surface area contributed by atoms with Crippen LogP contribution < -0.4 is 0 Å². The fourth-order valence-corrected chi connectivity index (χ4v) is 4.06. The van der Waals surface area contributed by atoms with Crippen molar-refractivity contribution in [3.05, 3.63) is 11.6 Å². The van der Waals surface area contributed by atoms with Gasteiger partial charge in [-0.3, -0.25) is 0 Å². The van der Waals surface area contributed by atoms with Crippen LogP contribution in [-0.4, -0.2) is 21.9 Å². The molecule has 2 N–H and O–H groups in total. The second-order valence-corrected chi connectivity index (χ2v) is 6.69. The molecule has 2 aliphatic carbocycles. The number of hydrogen-bond donors (Lipinski definition) is 2. The molecule has 2 aliphatic rings. The molecule has 2 rings (SSSR count). The molecule has 0 saturated heterocycles. The monoisotopic (exact) mass is 238 g/mol. The number of fused-ring (bicyclic) bond motifs is 1. The summed E-state index contributed by atoms with van der Waals surface area (Å²) in [6.45, 7) is 8.44. The summed E-state index contributed by atoms with van der Waals surface area (Å²) in [6.07, 6.45) is 4.64. The lowest BCUT2D eigenvalue weighted by Crippen LogP contribution is -2.54. The molecule has 1 saturated carbocycles. The van der Waals surface area contributed by atoms with Crippen LogP contribution in [0.1, 0.15) is 47.0 Å². The van der Waals surface area contributed by atoms with E-state index in [-0.39, 0.29) is 6.10 Å². The minimum atomic E-state index is -0.702. The third kappa shape index (κ3) is 2.30. The van der Waals surface area contributed by atoms with Gasteiger partial charge >= 0.3 is 0 Å². The van der Waals surface area contributed by atoms with Gasteiger partial charge in [0.15, 0.2) is 0 Å². The smallest absolute Gasteiger partial charge is 0.0678 e. The van der Waals surface area contributed by atoms with Crippen molar-refractivity contribution in [1.82, 2.24) is 0 Å². The van der Waals surface area contributed by atoms with Crippen LogP contribution in [0.2, 0.25) is 0 Å². The molecule has 0 aromatic heterocycles. The SMILES string of the molecule is CC1=C[C@H]2[C@H](C(C)C)[C@@H](O)C[C@](C)(O)[C@H]2CC1. The highest BCUT2D eigenvalue weighted by Crippen LogP contribution is 2.49. The lowest BCUT2D eigenvalue weighted by atomic mass is 9.57. The third-order valence-corrected chi connectivity index (χ3v) is 4.87. The van der Waals surface area contributed by atoms with E-state index in [0.29, 0.717) is 30.1 Å². The topological polar surface area (TPSA) is 40.5 Å². The molecule has 0 aromatic carbocycles. The second kappa shape index (κ2) is 4.40. The predicted molar refractivity (Wildman–Crippen MR) is 69.5 cm³/mol. The quantitative estimate of drug-likeness (QED) is 0.690. The number of aliphatic hydroxyl groups excluding tert-OH is 1. The molecule has 0 heterocycles. The Hall–Kier alpha value is -0.340. The molecular weight excluding hydrogens is 212 g/mol. The Labute approximate surface area is 105 Å². The van der Waals surface area contributed by atoms with Crippen molar-refractivity contribution in [1.29, 1.82) is 0 Å². The summed E-state index contributed by atoms with van der Waals surface area (Å²) in [4.78, 5) is 0. The number of rotatable bonds is 1. The van der Waals surface area contributed by atoms with Crippen molar-refractivity contribution in [3.8, 4) is 0 Å². The van der Waals surface area contributed by atoms with Gasteiger partial charge in [-0.2, -0.15) is 0 Å². The van der Waals surface area contributed by atoms with Gasteiger partial charge in [0.1, 0.15) is 0 Å². The first-order valence-corrected chi connectivity index (χ1v) is 6.90. The van der Waals surface area contributed by atoms with E-state index in [1.165, 1.54) is 5.57 Å². The molecule has 98 valence electrons. The lowest BCUT2D eigenvalue weighted by molar-refractivity contribution is -0.133. The highest BCUT2D eigenvalue weighted by Gasteiger charge is 2.50. The molecule has 2 nitrogen and oxygen atoms in total. The maximum atomic E-state index is 10.5. The van der Waals surface area contributed by atoms with Gasteiger partial charge in [0.25, 0.3) is 0 Å². The van der Waals surface area contributed by atoms with Crippen molar-refractivity contribution in [2.45, 2.75) is 58.7 Å². The van der Waals surface area contributed by atoms with Crippen molar-refractivity contribution < 1.29 is 10.2 Å². The average Bonchev–Trinajstić information content (AvgIpc) is 2.14. The maximum Gasteiger partial charge on any atom is 0.0678 e. The fourth-order valence-electron chi connectivity index (χ4n) is 4.06. The van der Waals surface area contributed by atoms with Gasteiger partial charge in [-0.05, 0) is 50.4 Å². The Balaban J connectivity index is 2.35. The van der Waals surface area contributed by atoms with Gasteiger partial charge in [0.05, 0.1) is 11.7 Å². The number of allylic oxidation sites excluding steroid dienone is 2. The lowest BCUT2D eigenvalue weighted by Gasteiger charge is -2.51. The Kier molecular flexibility index (Phi) is 3.39. The van der Waals surface area contributed by atoms with Crippen LogP contribution in [0.3, 0.4) is 0 Å². The van der Waals surface area contributed by atoms with Gasteiger partial charge in [-0.15, -0.1) is 0 Å². The van der Waals surface area contributed by atoms with Gasteiger partial charge in [0.2, 0.25) is 0 Å². The summed E-state index contributed by atoms with van der Waals surface area (Å²) in [5, 5.41) is 20.8. The van der Waals surface area contributed by atoms with Crippen molar-refractivity contribution in [3.63, 3.8) is 0 Å². The summed E-state index contributed by atoms with van der Waals surface area (Å²) in [5.74, 6) is 1.44. The minimum absolute atomic E-state index is 0.301. The molecule has 17 heavy (non-hydrogen) atoms. The van der Waals surface area contributed by atoms with E-state index < -0.39 is 5.60 Å². The number of aliphatic hydroxyl groups is 2. The van der Waals surface area contributed by atoms with Gasteiger partial charge < -0.3 is 10.2 Å². The van der Waals surface area contributed by atoms with Gasteiger partial charge in [0, 0.05) is 6.42 Å². The van der Waals surface area contributed by atoms with E-state index in [9.17, 15) is 10.2 Å². The Bertz CT molecular complexity index is 317. The van der Waals surface area contributed by atoms with E-state index in [1.54, 1.807) is 0 Å². The largest absolute Gasteiger partial charge is 0.393 e. The summed E-state index contributed by atoms with van der Waals surface area (Å²) < 4.78 is 0. The zero-order valence-electron chi connectivity index (χ0n) is 11.5. The van der Waals surface area contributed by atoms with Crippen LogP contribution in [-0.2, 0) is 0 Å². The zero-order valence-corrected chi connectivity index (χ0v) is 11.5. The normalized spacial score (nSPS) is 46.6. The van der Waals surface area contributed by atoms with Crippen molar-refractivity contribution in [2.75, 3.05) is 0 Å². The standard InChI is InChI=1S/C15H26O2/c1-9(2)14-11-7-10(3)5-6-12(11)15(4,17)8-13(14)16/h7,9,11-14,16-17H,5-6,8H2,1-4H3/t11-,12+,13+,14+,15+/m1/s1. The first-order valence-electron chi connectivity index (χ1n) is 6.90. The second-order valence-electron chi connectivity index (χ2n) is 6.69. The van der Waals surface area contributed by atoms with Crippen LogP contribution >= 0.6 is 0 Å². The highest BCUT2D eigenvalue weighted by molar-refractivity contribution is 5.15. The Morgan fingerprint density at radius 1 is 1.41 bits per heavy atom. The highest BCUT2D eigenvalue weighted by atomic mass is 16.3. The Morgan fingerprint density at radius 3 is 2.65 bits per heavy atom. The summed E-state index contributed by atoms with van der Waals surface area (Å²) >= 11 is 0. The zero-order chi connectivity index (χ0) is 12.8. The molecule has 0 bridgehead atoms. The van der Waals surface area contributed by atoms with Gasteiger partial charge in [-0.1, -0.05) is 25.5 Å². The molecule has 0 amide bonds. The van der Waals surface area contributed by atoms with Crippen LogP contribution in [0.25, 0.3) is 0 Å². The minimum Gasteiger partial charge on any atom is -0.393 e. The summed E-state index contributed by atoms with van der Waals surface area (Å²) in [7, 11) is 0. The molecule has 0 aliphatic heterocycles. The predicted octanol–water partition coefficient (Wildman–Crippen LogP) is 2.75. The van der Waals surface area contributed by atoms with E-state index in [1.807, 2.05) is 6.92 Å². The van der Waals surface area contributed by atoms with E-state index >= 15 is 0 Å². The van der Waals surface area contributed by atoms with Gasteiger partial charge in [-0.25, -0.2) is 0 Å². The van der Waals surface area contributed by atoms with Crippen LogP contribution in [0.4, 0.5) is 0 Å². The molecule has 0 unspecified atom stereocenters. The first-order chi connectivity index (χ1) is 7.83. The van der Waals surface area contributed by atoms with Crippen LogP contribution in [0.5, 0.6) is 0 Å². The molecule has 5 atom stereocenters. The molecule has 2 heteroatoms. The summed E-state index contributed by atoms with van der Waals surface area (Å²) in [6, 6.07) is 0. The average molecular weight is 238 g/mol. The molecule has 0 aromatic rings. The maximum absolute atomic E-state index is 10.5. The molecular formula is C15H26O2. The summed E-state index contributed by atoms with van der Waals surface area (Å²) in [5.41, 5.74) is 0.717. The molecule has 1 fully saturated rings. The number of hydrogen-bond acceptors (Lipinski definition) is 2. The van der Waals surface area contributed by atoms with Crippen molar-refractivity contribution >= 4 is 0 Å². The van der Waals surface area contributed by atoms with Crippen molar-refractivity contribution in [2.24, 2.45) is 23.7 Å².